The Morgan fingerprint density at radius 3 is 2.60 bits per heavy atom. The second-order valence-corrected chi connectivity index (χ2v) is 8.08. The third-order valence-electron chi connectivity index (χ3n) is 5.53. The maximum absolute atomic E-state index is 13.4. The zero-order chi connectivity index (χ0) is 17.4. The summed E-state index contributed by atoms with van der Waals surface area (Å²) in [4.78, 5) is 22.5. The van der Waals surface area contributed by atoms with E-state index in [-0.39, 0.29) is 17.2 Å². The van der Waals surface area contributed by atoms with Gasteiger partial charge in [0, 0.05) is 25.5 Å². The zero-order valence-electron chi connectivity index (χ0n) is 13.8. The quantitative estimate of drug-likeness (QED) is 0.817. The minimum absolute atomic E-state index is 0.0254. The van der Waals surface area contributed by atoms with Gasteiger partial charge in [0.05, 0.1) is 6.20 Å². The van der Waals surface area contributed by atoms with Gasteiger partial charge in [0.25, 0.3) is 12.3 Å². The average molecular weight is 366 g/mol. The van der Waals surface area contributed by atoms with E-state index in [1.54, 1.807) is 4.90 Å². The Morgan fingerprint density at radius 2 is 1.92 bits per heavy atom. The molecule has 4 rings (SSSR count). The van der Waals surface area contributed by atoms with Gasteiger partial charge in [-0.05, 0) is 42.6 Å². The predicted octanol–water partition coefficient (Wildman–Crippen LogP) is 3.42. The molecule has 1 amide bonds. The van der Waals surface area contributed by atoms with Gasteiger partial charge in [-0.2, -0.15) is 11.8 Å². The molecule has 0 radical (unpaired) electrons. The van der Waals surface area contributed by atoms with Gasteiger partial charge in [0.15, 0.2) is 5.65 Å². The molecule has 2 aromatic rings. The number of carbonyl (C=O) groups is 1. The average Bonchev–Trinajstić information content (AvgIpc) is 3.02. The fourth-order valence-corrected chi connectivity index (χ4v) is 5.29. The lowest BCUT2D eigenvalue weighted by Gasteiger charge is -2.44. The lowest BCUT2D eigenvalue weighted by Crippen LogP contribution is -2.45. The molecule has 2 saturated heterocycles. The summed E-state index contributed by atoms with van der Waals surface area (Å²) in [6.45, 7) is 1.26. The topological polar surface area (TPSA) is 50.5 Å². The molecule has 2 aliphatic rings. The molecule has 8 heteroatoms. The number of thioether (sulfide) groups is 1. The highest BCUT2D eigenvalue weighted by molar-refractivity contribution is 7.99. The molecule has 134 valence electrons. The van der Waals surface area contributed by atoms with Crippen LogP contribution in [-0.2, 0) is 0 Å². The molecule has 1 spiro atoms. The lowest BCUT2D eigenvalue weighted by molar-refractivity contribution is 0.0541. The third kappa shape index (κ3) is 3.01. The SMILES string of the molecule is O=C(c1c(C(F)F)nc2cnccn12)N1CCC2(CCSCC2)CC1. The van der Waals surface area contributed by atoms with Crippen LogP contribution >= 0.6 is 11.8 Å². The van der Waals surface area contributed by atoms with Crippen molar-refractivity contribution in [3.05, 3.63) is 30.0 Å². The van der Waals surface area contributed by atoms with E-state index in [9.17, 15) is 13.6 Å². The molecule has 0 aromatic carbocycles. The minimum atomic E-state index is -2.79. The van der Waals surface area contributed by atoms with Crippen LogP contribution in [0.25, 0.3) is 5.65 Å². The maximum atomic E-state index is 13.4. The first-order valence-corrected chi connectivity index (χ1v) is 9.72. The number of rotatable bonds is 2. The highest BCUT2D eigenvalue weighted by Gasteiger charge is 2.38. The van der Waals surface area contributed by atoms with Crippen molar-refractivity contribution in [1.82, 2.24) is 19.3 Å². The predicted molar refractivity (Wildman–Crippen MR) is 92.1 cm³/mol. The summed E-state index contributed by atoms with van der Waals surface area (Å²) < 4.78 is 28.2. The Kier molecular flexibility index (Phi) is 4.39. The van der Waals surface area contributed by atoms with Crippen LogP contribution in [0.4, 0.5) is 8.78 Å². The molecule has 2 fully saturated rings. The minimum Gasteiger partial charge on any atom is -0.337 e. The number of piperidine rings is 1. The molecular formula is C17H20F2N4OS. The van der Waals surface area contributed by atoms with Crippen molar-refractivity contribution >= 4 is 23.3 Å². The lowest BCUT2D eigenvalue weighted by atomic mass is 9.74. The van der Waals surface area contributed by atoms with Crippen molar-refractivity contribution in [2.45, 2.75) is 32.1 Å². The van der Waals surface area contributed by atoms with E-state index >= 15 is 0 Å². The number of fused-ring (bicyclic) bond motifs is 1. The van der Waals surface area contributed by atoms with Crippen molar-refractivity contribution in [3.63, 3.8) is 0 Å². The van der Waals surface area contributed by atoms with Crippen LogP contribution in [0, 0.1) is 5.41 Å². The summed E-state index contributed by atoms with van der Waals surface area (Å²) in [6, 6.07) is 0. The fourth-order valence-electron chi connectivity index (χ4n) is 3.93. The monoisotopic (exact) mass is 366 g/mol. The van der Waals surface area contributed by atoms with E-state index in [1.807, 2.05) is 11.8 Å². The highest BCUT2D eigenvalue weighted by atomic mass is 32.2. The number of hydrogen-bond acceptors (Lipinski definition) is 4. The normalized spacial score (nSPS) is 20.5. The first-order chi connectivity index (χ1) is 12.1. The highest BCUT2D eigenvalue weighted by Crippen LogP contribution is 2.43. The van der Waals surface area contributed by atoms with Crippen molar-refractivity contribution in [3.8, 4) is 0 Å². The Morgan fingerprint density at radius 1 is 1.20 bits per heavy atom. The molecule has 5 nitrogen and oxygen atoms in total. The zero-order valence-corrected chi connectivity index (χ0v) is 14.6. The standard InChI is InChI=1S/C17H20F2N4OS/c18-15(19)13-14(23-8-5-20-11-12(23)21-13)16(24)22-6-1-17(2-7-22)3-9-25-10-4-17/h5,8,11,15H,1-4,6-7,9-10H2. The van der Waals surface area contributed by atoms with E-state index in [0.717, 1.165) is 12.8 Å². The number of hydrogen-bond donors (Lipinski definition) is 0. The Bertz CT molecular complexity index is 778. The summed E-state index contributed by atoms with van der Waals surface area (Å²) in [7, 11) is 0. The molecule has 4 heterocycles. The summed E-state index contributed by atoms with van der Waals surface area (Å²) in [6.07, 6.45) is 5.92. The fraction of sp³-hybridized carbons (Fsp3) is 0.588. The van der Waals surface area contributed by atoms with Crippen LogP contribution in [0.15, 0.2) is 18.6 Å². The third-order valence-corrected chi connectivity index (χ3v) is 6.52. The van der Waals surface area contributed by atoms with Crippen LogP contribution < -0.4 is 0 Å². The number of likely N-dealkylation sites (tertiary alicyclic amines) is 1. The van der Waals surface area contributed by atoms with Crippen molar-refractivity contribution in [2.75, 3.05) is 24.6 Å². The molecule has 0 saturated carbocycles. The van der Waals surface area contributed by atoms with Gasteiger partial charge < -0.3 is 4.90 Å². The van der Waals surface area contributed by atoms with E-state index in [0.29, 0.717) is 18.5 Å². The Balaban J connectivity index is 1.59. The second-order valence-electron chi connectivity index (χ2n) is 6.86. The number of amides is 1. The smallest absolute Gasteiger partial charge is 0.282 e. The van der Waals surface area contributed by atoms with Crippen LogP contribution in [0.1, 0.15) is 48.3 Å². The van der Waals surface area contributed by atoms with Gasteiger partial charge in [-0.1, -0.05) is 0 Å². The number of aromatic nitrogens is 3. The molecule has 0 atom stereocenters. The largest absolute Gasteiger partial charge is 0.337 e. The molecule has 0 N–H and O–H groups in total. The summed E-state index contributed by atoms with van der Waals surface area (Å²) in [5.41, 5.74) is 0.144. The van der Waals surface area contributed by atoms with Gasteiger partial charge >= 0.3 is 0 Å². The van der Waals surface area contributed by atoms with E-state index in [1.165, 1.54) is 47.3 Å². The van der Waals surface area contributed by atoms with Gasteiger partial charge in [0.2, 0.25) is 0 Å². The van der Waals surface area contributed by atoms with Crippen molar-refractivity contribution < 1.29 is 13.6 Å². The van der Waals surface area contributed by atoms with Crippen LogP contribution in [0.2, 0.25) is 0 Å². The van der Waals surface area contributed by atoms with Crippen molar-refractivity contribution in [1.29, 1.82) is 0 Å². The van der Waals surface area contributed by atoms with Crippen LogP contribution in [-0.4, -0.2) is 49.8 Å². The molecule has 25 heavy (non-hydrogen) atoms. The number of alkyl halides is 2. The van der Waals surface area contributed by atoms with Gasteiger partial charge in [-0.3, -0.25) is 14.2 Å². The number of carbonyl (C=O) groups excluding carboxylic acids is 1. The molecule has 2 aromatic heterocycles. The number of nitrogens with zero attached hydrogens (tertiary/aromatic N) is 4. The second kappa shape index (κ2) is 6.55. The van der Waals surface area contributed by atoms with E-state index in [4.69, 9.17) is 0 Å². The summed E-state index contributed by atoms with van der Waals surface area (Å²) in [5.74, 6) is 2.02. The van der Waals surface area contributed by atoms with Crippen LogP contribution in [0.5, 0.6) is 0 Å². The van der Waals surface area contributed by atoms with Gasteiger partial charge in [0.1, 0.15) is 11.4 Å². The first kappa shape index (κ1) is 16.8. The first-order valence-electron chi connectivity index (χ1n) is 8.57. The summed E-state index contributed by atoms with van der Waals surface area (Å²) in [5, 5.41) is 0. The van der Waals surface area contributed by atoms with Crippen LogP contribution in [0.3, 0.4) is 0 Å². The molecule has 0 aliphatic carbocycles. The van der Waals surface area contributed by atoms with Gasteiger partial charge in [-0.25, -0.2) is 13.8 Å². The number of imidazole rings is 1. The maximum Gasteiger partial charge on any atom is 0.282 e. The Labute approximate surface area is 148 Å². The molecule has 0 unspecified atom stereocenters. The van der Waals surface area contributed by atoms with E-state index in [2.05, 4.69) is 9.97 Å². The molecule has 0 bridgehead atoms. The summed E-state index contributed by atoms with van der Waals surface area (Å²) >= 11 is 1.99. The molecular weight excluding hydrogens is 346 g/mol. The van der Waals surface area contributed by atoms with Gasteiger partial charge in [-0.15, -0.1) is 0 Å². The molecule has 2 aliphatic heterocycles. The Hall–Kier alpha value is -1.70. The van der Waals surface area contributed by atoms with E-state index < -0.39 is 12.1 Å². The number of halogens is 2. The van der Waals surface area contributed by atoms with Crippen molar-refractivity contribution in [2.24, 2.45) is 5.41 Å².